The SMILES string of the molecule is O=C(Cc1cccnc1)c1ccc(Oc2ccc(Cl)cc2)cc1. The molecule has 0 aliphatic heterocycles. The summed E-state index contributed by atoms with van der Waals surface area (Å²) >= 11 is 5.84. The minimum Gasteiger partial charge on any atom is -0.457 e. The molecule has 0 saturated carbocycles. The van der Waals surface area contributed by atoms with Crippen molar-refractivity contribution in [1.82, 2.24) is 4.98 Å². The molecule has 3 nitrogen and oxygen atoms in total. The number of aromatic nitrogens is 1. The lowest BCUT2D eigenvalue weighted by molar-refractivity contribution is 0.0993. The maximum Gasteiger partial charge on any atom is 0.167 e. The standard InChI is InChI=1S/C19H14ClNO2/c20-16-5-9-18(10-6-16)23-17-7-3-15(4-8-17)19(22)12-14-2-1-11-21-13-14/h1-11,13H,12H2. The van der Waals surface area contributed by atoms with Crippen molar-refractivity contribution >= 4 is 17.4 Å². The first-order chi connectivity index (χ1) is 11.2. The predicted octanol–water partition coefficient (Wildman–Crippen LogP) is 4.95. The summed E-state index contributed by atoms with van der Waals surface area (Å²) in [5, 5.41) is 0.661. The first-order valence-electron chi connectivity index (χ1n) is 7.16. The molecule has 0 aliphatic carbocycles. The molecule has 0 spiro atoms. The van der Waals surface area contributed by atoms with Crippen LogP contribution in [0.1, 0.15) is 15.9 Å². The molecule has 1 heterocycles. The summed E-state index contributed by atoms with van der Waals surface area (Å²) in [6, 6.07) is 17.9. The van der Waals surface area contributed by atoms with Gasteiger partial charge in [0.25, 0.3) is 0 Å². The van der Waals surface area contributed by atoms with Crippen LogP contribution in [0.25, 0.3) is 0 Å². The number of halogens is 1. The lowest BCUT2D eigenvalue weighted by Crippen LogP contribution is -2.03. The Morgan fingerprint density at radius 3 is 2.22 bits per heavy atom. The molecule has 0 atom stereocenters. The van der Waals surface area contributed by atoms with Crippen LogP contribution >= 0.6 is 11.6 Å². The predicted molar refractivity (Wildman–Crippen MR) is 90.2 cm³/mol. The number of hydrogen-bond acceptors (Lipinski definition) is 3. The van der Waals surface area contributed by atoms with Gasteiger partial charge in [0.05, 0.1) is 0 Å². The Hall–Kier alpha value is -2.65. The van der Waals surface area contributed by atoms with Crippen LogP contribution in [-0.4, -0.2) is 10.8 Å². The highest BCUT2D eigenvalue weighted by molar-refractivity contribution is 6.30. The van der Waals surface area contributed by atoms with E-state index in [0.29, 0.717) is 28.5 Å². The second kappa shape index (κ2) is 7.07. The van der Waals surface area contributed by atoms with Gasteiger partial charge in [-0.25, -0.2) is 0 Å². The van der Waals surface area contributed by atoms with Crippen LogP contribution in [0.15, 0.2) is 73.1 Å². The Morgan fingerprint density at radius 2 is 1.61 bits per heavy atom. The summed E-state index contributed by atoms with van der Waals surface area (Å²) < 4.78 is 5.71. The molecule has 0 radical (unpaired) electrons. The first kappa shape index (κ1) is 15.3. The highest BCUT2D eigenvalue weighted by Gasteiger charge is 2.07. The van der Waals surface area contributed by atoms with Gasteiger partial charge >= 0.3 is 0 Å². The van der Waals surface area contributed by atoms with Gasteiger partial charge in [-0.1, -0.05) is 17.7 Å². The van der Waals surface area contributed by atoms with Crippen LogP contribution in [0, 0.1) is 0 Å². The zero-order valence-electron chi connectivity index (χ0n) is 12.3. The number of ketones is 1. The fraction of sp³-hybridized carbons (Fsp3) is 0.0526. The monoisotopic (exact) mass is 323 g/mol. The molecule has 0 amide bonds. The van der Waals surface area contributed by atoms with Gasteiger partial charge in [-0.2, -0.15) is 0 Å². The number of carbonyl (C=O) groups is 1. The van der Waals surface area contributed by atoms with Gasteiger partial charge in [0.1, 0.15) is 11.5 Å². The normalized spacial score (nSPS) is 10.3. The molecular formula is C19H14ClNO2. The minimum absolute atomic E-state index is 0.0519. The van der Waals surface area contributed by atoms with E-state index in [1.54, 1.807) is 60.9 Å². The molecule has 1 aromatic heterocycles. The van der Waals surface area contributed by atoms with E-state index in [1.807, 2.05) is 12.1 Å². The second-order valence-corrected chi connectivity index (χ2v) is 5.48. The van der Waals surface area contributed by atoms with E-state index in [0.717, 1.165) is 5.56 Å². The van der Waals surface area contributed by atoms with Gasteiger partial charge in [-0.15, -0.1) is 0 Å². The molecule has 3 rings (SSSR count). The summed E-state index contributed by atoms with van der Waals surface area (Å²) in [6.07, 6.45) is 3.73. The quantitative estimate of drug-likeness (QED) is 0.623. The molecular weight excluding hydrogens is 310 g/mol. The Bertz CT molecular complexity index is 784. The number of benzene rings is 2. The van der Waals surface area contributed by atoms with Gasteiger partial charge in [-0.3, -0.25) is 9.78 Å². The third kappa shape index (κ3) is 4.18. The number of pyridine rings is 1. The maximum atomic E-state index is 12.2. The first-order valence-corrected chi connectivity index (χ1v) is 7.54. The Balaban J connectivity index is 1.66. The molecule has 2 aromatic carbocycles. The van der Waals surface area contributed by atoms with E-state index in [4.69, 9.17) is 16.3 Å². The molecule has 3 aromatic rings. The fourth-order valence-corrected chi connectivity index (χ4v) is 2.26. The number of hydrogen-bond donors (Lipinski definition) is 0. The van der Waals surface area contributed by atoms with Crippen molar-refractivity contribution in [3.63, 3.8) is 0 Å². The number of carbonyl (C=O) groups excluding carboxylic acids is 1. The largest absolute Gasteiger partial charge is 0.457 e. The van der Waals surface area contributed by atoms with Crippen LogP contribution in [0.4, 0.5) is 0 Å². The molecule has 0 bridgehead atoms. The van der Waals surface area contributed by atoms with E-state index in [9.17, 15) is 4.79 Å². The molecule has 0 N–H and O–H groups in total. The van der Waals surface area contributed by atoms with Crippen LogP contribution in [-0.2, 0) is 6.42 Å². The average molecular weight is 324 g/mol. The summed E-state index contributed by atoms with van der Waals surface area (Å²) in [6.45, 7) is 0. The van der Waals surface area contributed by atoms with Crippen LogP contribution in [0.2, 0.25) is 5.02 Å². The van der Waals surface area contributed by atoms with Crippen molar-refractivity contribution in [2.45, 2.75) is 6.42 Å². The van der Waals surface area contributed by atoms with Crippen LogP contribution in [0.3, 0.4) is 0 Å². The van der Waals surface area contributed by atoms with Crippen molar-refractivity contribution in [2.75, 3.05) is 0 Å². The number of Topliss-reactive ketones (excluding diaryl/α,β-unsaturated/α-hetero) is 1. The molecule has 114 valence electrons. The lowest BCUT2D eigenvalue weighted by Gasteiger charge is -2.07. The highest BCUT2D eigenvalue weighted by Crippen LogP contribution is 2.23. The van der Waals surface area contributed by atoms with Crippen LogP contribution in [0.5, 0.6) is 11.5 Å². The summed E-state index contributed by atoms with van der Waals surface area (Å²) in [5.74, 6) is 1.42. The van der Waals surface area contributed by atoms with Gasteiger partial charge in [-0.05, 0) is 60.2 Å². The Labute approximate surface area is 139 Å². The third-order valence-electron chi connectivity index (χ3n) is 3.31. The van der Waals surface area contributed by atoms with Gasteiger partial charge in [0.15, 0.2) is 5.78 Å². The van der Waals surface area contributed by atoms with Gasteiger partial charge in [0, 0.05) is 29.4 Å². The molecule has 23 heavy (non-hydrogen) atoms. The Morgan fingerprint density at radius 1 is 0.957 bits per heavy atom. The number of rotatable bonds is 5. The minimum atomic E-state index is 0.0519. The van der Waals surface area contributed by atoms with E-state index in [-0.39, 0.29) is 5.78 Å². The summed E-state index contributed by atoms with van der Waals surface area (Å²) in [5.41, 5.74) is 1.55. The Kier molecular flexibility index (Phi) is 4.69. The van der Waals surface area contributed by atoms with Gasteiger partial charge < -0.3 is 4.74 Å². The smallest absolute Gasteiger partial charge is 0.167 e. The van der Waals surface area contributed by atoms with E-state index >= 15 is 0 Å². The zero-order chi connectivity index (χ0) is 16.1. The van der Waals surface area contributed by atoms with Crippen molar-refractivity contribution in [3.05, 3.63) is 89.2 Å². The highest BCUT2D eigenvalue weighted by atomic mass is 35.5. The molecule has 0 unspecified atom stereocenters. The molecule has 0 fully saturated rings. The average Bonchev–Trinajstić information content (AvgIpc) is 2.58. The summed E-state index contributed by atoms with van der Waals surface area (Å²) in [7, 11) is 0. The molecule has 0 aliphatic rings. The number of ether oxygens (including phenoxy) is 1. The van der Waals surface area contributed by atoms with E-state index < -0.39 is 0 Å². The van der Waals surface area contributed by atoms with Crippen molar-refractivity contribution < 1.29 is 9.53 Å². The van der Waals surface area contributed by atoms with Crippen molar-refractivity contribution in [3.8, 4) is 11.5 Å². The van der Waals surface area contributed by atoms with Crippen molar-refractivity contribution in [1.29, 1.82) is 0 Å². The van der Waals surface area contributed by atoms with Crippen LogP contribution < -0.4 is 4.74 Å². The zero-order valence-corrected chi connectivity index (χ0v) is 13.0. The van der Waals surface area contributed by atoms with E-state index in [2.05, 4.69) is 4.98 Å². The molecule has 4 heteroatoms. The van der Waals surface area contributed by atoms with Gasteiger partial charge in [0.2, 0.25) is 0 Å². The van der Waals surface area contributed by atoms with E-state index in [1.165, 1.54) is 0 Å². The fourth-order valence-electron chi connectivity index (χ4n) is 2.14. The maximum absolute atomic E-state index is 12.2. The second-order valence-electron chi connectivity index (χ2n) is 5.04. The third-order valence-corrected chi connectivity index (χ3v) is 3.57. The summed E-state index contributed by atoms with van der Waals surface area (Å²) in [4.78, 5) is 16.3. The van der Waals surface area contributed by atoms with Crippen molar-refractivity contribution in [2.24, 2.45) is 0 Å². The molecule has 0 saturated heterocycles. The number of nitrogens with zero attached hydrogens (tertiary/aromatic N) is 1. The topological polar surface area (TPSA) is 39.2 Å². The lowest BCUT2D eigenvalue weighted by atomic mass is 10.0.